The van der Waals surface area contributed by atoms with Crippen molar-refractivity contribution in [1.29, 1.82) is 0 Å². The Balaban J connectivity index is 1.31. The maximum atomic E-state index is 12.1. The molecule has 0 bridgehead atoms. The molecule has 0 aliphatic rings. The third-order valence-corrected chi connectivity index (χ3v) is 6.31. The molecule has 0 aliphatic carbocycles. The Hall–Kier alpha value is -5.44. The number of ether oxygens (including phenoxy) is 8. The first kappa shape index (κ1) is 36.4. The Morgan fingerprint density at radius 1 is 0.408 bits per heavy atom. The van der Waals surface area contributed by atoms with Crippen molar-refractivity contribution in [1.82, 2.24) is 38.2 Å². The summed E-state index contributed by atoms with van der Waals surface area (Å²) in [5.41, 5.74) is -0.967. The highest BCUT2D eigenvalue weighted by molar-refractivity contribution is 5.71. The number of imidazole rings is 4. The molecule has 4 rings (SSSR count). The summed E-state index contributed by atoms with van der Waals surface area (Å²) in [5.74, 6) is 0. The fraction of sp³-hybridized carbons (Fsp3) is 0.448. The van der Waals surface area contributed by atoms with Crippen molar-refractivity contribution in [2.75, 3.05) is 79.3 Å². The van der Waals surface area contributed by atoms with E-state index in [1.54, 1.807) is 0 Å². The van der Waals surface area contributed by atoms with Crippen molar-refractivity contribution in [3.8, 4) is 0 Å². The zero-order chi connectivity index (χ0) is 34.6. The predicted molar refractivity (Wildman–Crippen MR) is 162 cm³/mol. The zero-order valence-electron chi connectivity index (χ0n) is 26.4. The Labute approximate surface area is 279 Å². The average Bonchev–Trinajstić information content (AvgIpc) is 3.95. The molecule has 0 saturated carbocycles. The Morgan fingerprint density at radius 3 is 0.857 bits per heavy atom. The van der Waals surface area contributed by atoms with Crippen LogP contribution in [0.3, 0.4) is 0 Å². The molecular weight excluding hydrogens is 652 g/mol. The van der Waals surface area contributed by atoms with Crippen LogP contribution >= 0.6 is 0 Å². The molecule has 49 heavy (non-hydrogen) atoms. The highest BCUT2D eigenvalue weighted by Gasteiger charge is 2.33. The molecule has 0 unspecified atom stereocenters. The molecular formula is C29H36N8O12. The first-order chi connectivity index (χ1) is 24.0. The van der Waals surface area contributed by atoms with Gasteiger partial charge in [-0.15, -0.1) is 0 Å². The van der Waals surface area contributed by atoms with Crippen LogP contribution in [0.5, 0.6) is 0 Å². The van der Waals surface area contributed by atoms with E-state index in [1.807, 2.05) is 0 Å². The summed E-state index contributed by atoms with van der Waals surface area (Å²) in [6.45, 7) is -0.119. The van der Waals surface area contributed by atoms with Gasteiger partial charge in [-0.05, 0) is 0 Å². The van der Waals surface area contributed by atoms with Gasteiger partial charge >= 0.3 is 24.4 Å². The lowest BCUT2D eigenvalue weighted by molar-refractivity contribution is -0.116. The lowest BCUT2D eigenvalue weighted by Crippen LogP contribution is -2.43. The number of carbonyl (C=O) groups is 4. The summed E-state index contributed by atoms with van der Waals surface area (Å²) in [4.78, 5) is 63.7. The first-order valence-corrected chi connectivity index (χ1v) is 14.9. The monoisotopic (exact) mass is 688 g/mol. The summed E-state index contributed by atoms with van der Waals surface area (Å²) < 4.78 is 49.0. The number of aromatic nitrogens is 8. The normalized spacial score (nSPS) is 11.3. The van der Waals surface area contributed by atoms with E-state index < -0.39 is 29.8 Å². The summed E-state index contributed by atoms with van der Waals surface area (Å²) >= 11 is 0. The quantitative estimate of drug-likeness (QED) is 0.0951. The Kier molecular flexibility index (Phi) is 14.9. The van der Waals surface area contributed by atoms with Crippen molar-refractivity contribution in [2.24, 2.45) is 5.41 Å². The van der Waals surface area contributed by atoms with Gasteiger partial charge in [0.15, 0.2) is 0 Å². The maximum Gasteiger partial charge on any atom is 0.419 e. The number of nitrogens with zero attached hydrogens (tertiary/aromatic N) is 8. The van der Waals surface area contributed by atoms with E-state index in [1.165, 1.54) is 93.2 Å². The molecule has 0 radical (unpaired) electrons. The van der Waals surface area contributed by atoms with Gasteiger partial charge in [-0.3, -0.25) is 0 Å². The molecule has 0 aliphatic heterocycles. The van der Waals surface area contributed by atoms with E-state index in [0.717, 1.165) is 0 Å². The van der Waals surface area contributed by atoms with Crippen molar-refractivity contribution in [3.05, 3.63) is 74.9 Å². The van der Waals surface area contributed by atoms with Gasteiger partial charge in [-0.1, -0.05) is 0 Å². The second kappa shape index (κ2) is 20.0. The highest BCUT2D eigenvalue weighted by atomic mass is 16.6. The Morgan fingerprint density at radius 2 is 0.653 bits per heavy atom. The van der Waals surface area contributed by atoms with Gasteiger partial charge in [0.05, 0.1) is 58.3 Å². The van der Waals surface area contributed by atoms with Crippen LogP contribution in [0.2, 0.25) is 0 Å². The molecule has 4 aromatic heterocycles. The van der Waals surface area contributed by atoms with Gasteiger partial charge in [0.1, 0.15) is 51.7 Å². The third kappa shape index (κ3) is 12.6. The van der Waals surface area contributed by atoms with Crippen LogP contribution in [0.1, 0.15) is 0 Å². The van der Waals surface area contributed by atoms with Gasteiger partial charge in [0.25, 0.3) is 0 Å². The smallest absolute Gasteiger partial charge is 0.419 e. The third-order valence-electron chi connectivity index (χ3n) is 6.31. The summed E-state index contributed by atoms with van der Waals surface area (Å²) in [6, 6.07) is 0. The van der Waals surface area contributed by atoms with E-state index in [9.17, 15) is 19.2 Å². The molecule has 0 saturated heterocycles. The van der Waals surface area contributed by atoms with Crippen LogP contribution in [0.15, 0.2) is 74.9 Å². The van der Waals surface area contributed by atoms with Gasteiger partial charge in [-0.2, -0.15) is 0 Å². The topological polar surface area (TPSA) is 213 Å². The van der Waals surface area contributed by atoms with Crippen LogP contribution in [0, 0.1) is 5.41 Å². The lowest BCUT2D eigenvalue weighted by Gasteiger charge is -2.33. The number of rotatable bonds is 20. The SMILES string of the molecule is O=C(OCCOCC(COCCOC(=O)n1ccnc1)(COCCOC(=O)n1ccnc1)COCCOC(=O)n1ccnc1)n1ccnc1. The zero-order valence-corrected chi connectivity index (χ0v) is 26.4. The summed E-state index contributed by atoms with van der Waals surface area (Å²) in [7, 11) is 0. The number of hydrogen-bond donors (Lipinski definition) is 0. The van der Waals surface area contributed by atoms with E-state index >= 15 is 0 Å². The lowest BCUT2D eigenvalue weighted by atomic mass is 9.92. The minimum Gasteiger partial charge on any atom is -0.446 e. The van der Waals surface area contributed by atoms with Crippen molar-refractivity contribution < 1.29 is 57.1 Å². The van der Waals surface area contributed by atoms with Crippen LogP contribution < -0.4 is 0 Å². The van der Waals surface area contributed by atoms with E-state index in [-0.39, 0.29) is 79.3 Å². The van der Waals surface area contributed by atoms with Crippen LogP contribution in [0.4, 0.5) is 19.2 Å². The molecule has 20 heteroatoms. The molecule has 0 spiro atoms. The second-order valence-corrected chi connectivity index (χ2v) is 10.0. The molecule has 0 aromatic carbocycles. The molecule has 20 nitrogen and oxygen atoms in total. The molecule has 264 valence electrons. The first-order valence-electron chi connectivity index (χ1n) is 14.9. The fourth-order valence-corrected chi connectivity index (χ4v) is 3.92. The maximum absolute atomic E-state index is 12.1. The summed E-state index contributed by atoms with van der Waals surface area (Å²) in [6.07, 6.45) is 14.3. The predicted octanol–water partition coefficient (Wildman–Crippen LogP) is 1.56. The second-order valence-electron chi connectivity index (χ2n) is 10.0. The molecule has 4 aromatic rings. The van der Waals surface area contributed by atoms with Gasteiger partial charge in [0.2, 0.25) is 0 Å². The van der Waals surface area contributed by atoms with Gasteiger partial charge in [-0.25, -0.2) is 57.4 Å². The molecule has 4 heterocycles. The minimum absolute atomic E-state index is 0.00803. The number of hydrogen-bond acceptors (Lipinski definition) is 16. The standard InChI is InChI=1S/C29H36N8O12/c38-25(34-5-1-30-21-34)46-13-9-42-17-29(18-43-10-14-47-26(39)35-6-2-31-22-35,19-44-11-15-48-27(40)36-7-3-32-23-36)20-45-12-16-49-28(41)37-8-4-33-24-37/h1-8,21-24H,9-20H2. The minimum atomic E-state index is -0.967. The van der Waals surface area contributed by atoms with Crippen LogP contribution in [0.25, 0.3) is 0 Å². The number of carbonyl (C=O) groups excluding carboxylic acids is 4. The summed E-state index contributed by atoms with van der Waals surface area (Å²) in [5, 5.41) is 0. The van der Waals surface area contributed by atoms with Crippen molar-refractivity contribution in [2.45, 2.75) is 0 Å². The van der Waals surface area contributed by atoms with Gasteiger partial charge in [0, 0.05) is 49.6 Å². The van der Waals surface area contributed by atoms with Crippen LogP contribution in [-0.2, 0) is 37.9 Å². The fourth-order valence-electron chi connectivity index (χ4n) is 3.92. The van der Waals surface area contributed by atoms with Gasteiger partial charge < -0.3 is 37.9 Å². The van der Waals surface area contributed by atoms with Crippen molar-refractivity contribution in [3.63, 3.8) is 0 Å². The largest absolute Gasteiger partial charge is 0.446 e. The van der Waals surface area contributed by atoms with Crippen LogP contribution in [-0.4, -0.2) is 142 Å². The molecule has 0 amide bonds. The Bertz CT molecular complexity index is 1280. The average molecular weight is 689 g/mol. The van der Waals surface area contributed by atoms with E-state index in [2.05, 4.69) is 19.9 Å². The van der Waals surface area contributed by atoms with E-state index in [4.69, 9.17) is 37.9 Å². The van der Waals surface area contributed by atoms with E-state index in [0.29, 0.717) is 0 Å². The molecule has 0 fully saturated rings. The van der Waals surface area contributed by atoms with Crippen molar-refractivity contribution >= 4 is 24.4 Å². The highest BCUT2D eigenvalue weighted by Crippen LogP contribution is 2.21. The molecule has 0 atom stereocenters. The molecule has 0 N–H and O–H groups in total.